The van der Waals surface area contributed by atoms with Gasteiger partial charge in [-0.2, -0.15) is 84.3 Å². The quantitative estimate of drug-likeness (QED) is 0.0182. The van der Waals surface area contributed by atoms with Crippen molar-refractivity contribution in [2.24, 2.45) is 17.6 Å². The third kappa shape index (κ3) is 51.5. The number of rotatable bonds is 28. The van der Waals surface area contributed by atoms with Crippen LogP contribution in [0.15, 0.2) is 127 Å². The minimum atomic E-state index is -4.53. The molecule has 43 heteroatoms. The first-order valence-electron chi connectivity index (χ1n) is 35.6. The van der Waals surface area contributed by atoms with Gasteiger partial charge in [-0.1, -0.05) is 65.8 Å². The number of phenolic OH excluding ortho intramolecular Hbond substituents is 1. The number of aromatic hydroxyl groups is 1. The highest BCUT2D eigenvalue weighted by Crippen LogP contribution is 2.30. The number of halogens is 27. The third-order valence-electron chi connectivity index (χ3n) is 15.5. The molecule has 15 nitrogen and oxygen atoms in total. The van der Waals surface area contributed by atoms with Gasteiger partial charge in [-0.3, -0.25) is 14.4 Å². The summed E-state index contributed by atoms with van der Waals surface area (Å²) in [5.74, 6) is -7.39. The van der Waals surface area contributed by atoms with Crippen molar-refractivity contribution in [1.29, 1.82) is 5.26 Å². The Kier molecular flexibility index (Phi) is 51.5. The highest BCUT2D eigenvalue weighted by molar-refractivity contribution is 9.08. The number of likely N-dealkylation sites (N-methyl/N-ethyl adjacent to an activating group) is 1. The third-order valence-corrected chi connectivity index (χ3v) is 16.2. The molecular weight excluding hydrogens is 1780 g/mol. The number of carbonyl (C=O) groups is 1. The van der Waals surface area contributed by atoms with Crippen molar-refractivity contribution in [3.05, 3.63) is 207 Å². The summed E-state index contributed by atoms with van der Waals surface area (Å²) in [4.78, 5) is 15.6. The lowest BCUT2D eigenvalue weighted by molar-refractivity contribution is -0.154. The Hall–Kier alpha value is -9.38. The Morgan fingerprint density at radius 2 is 0.813 bits per heavy atom. The predicted octanol–water partition coefficient (Wildman–Crippen LogP) is 20.0. The van der Waals surface area contributed by atoms with Crippen molar-refractivity contribution >= 4 is 30.3 Å². The van der Waals surface area contributed by atoms with Crippen LogP contribution < -0.4 is 39.5 Å². The molecular formula is C80H92BBrF26N5O10. The van der Waals surface area contributed by atoms with Crippen LogP contribution in [0.4, 0.5) is 114 Å². The number of aryl methyl sites for hydroxylation is 2. The van der Waals surface area contributed by atoms with E-state index in [0.717, 1.165) is 86.2 Å². The van der Waals surface area contributed by atoms with Gasteiger partial charge in [-0.15, -0.1) is 0 Å². The SMILES string of the molecule is C.CN(C)C(=O)CN(CCc1ccc(F)c(OCC(F)(F)F)c1)CC1CCOC1.Cc1ccc(F)c(O)c1.Cc1ccc(F)c(OCC(F)(F)F)c1.F.Fc1ccc(CBr)cc1OCC(F)(F)F.Fc1ccc(CCNCC2CCOC2)cc1OCC(F)(F)F.N#CCc1ccc(F)c(OCC(F)(F)F)c1.NCCc1ccc(F)c(OCC(F)(F)F)c1.[2HH].[B]. The first-order chi connectivity index (χ1) is 55.9. The van der Waals surface area contributed by atoms with E-state index in [9.17, 15) is 115 Å². The summed E-state index contributed by atoms with van der Waals surface area (Å²) in [6.07, 6.45) is -23.4. The van der Waals surface area contributed by atoms with Gasteiger partial charge in [-0.25, -0.2) is 30.7 Å². The smallest absolute Gasteiger partial charge is 0.422 e. The minimum Gasteiger partial charge on any atom is -0.505 e. The lowest BCUT2D eigenvalue weighted by atomic mass is 10.1. The number of alkyl halides is 19. The lowest BCUT2D eigenvalue weighted by Gasteiger charge is -2.26. The number of hydrogen-bond acceptors (Lipinski definition) is 14. The van der Waals surface area contributed by atoms with Gasteiger partial charge in [0.05, 0.1) is 32.2 Å². The number of ether oxygens (including phenoxy) is 8. The zero-order valence-corrected chi connectivity index (χ0v) is 67.0. The summed E-state index contributed by atoms with van der Waals surface area (Å²) < 4.78 is 343. The number of nitrogens with zero attached hydrogens (tertiary/aromatic N) is 3. The first kappa shape index (κ1) is 114. The van der Waals surface area contributed by atoms with Gasteiger partial charge in [0.2, 0.25) is 5.91 Å². The molecule has 2 unspecified atom stereocenters. The van der Waals surface area contributed by atoms with Gasteiger partial charge >= 0.3 is 37.1 Å². The van der Waals surface area contributed by atoms with Gasteiger partial charge < -0.3 is 59.0 Å². The van der Waals surface area contributed by atoms with Gasteiger partial charge in [0.1, 0.15) is 0 Å². The van der Waals surface area contributed by atoms with E-state index in [0.29, 0.717) is 104 Å². The maximum absolute atomic E-state index is 13.7. The van der Waals surface area contributed by atoms with Gasteiger partial charge in [-0.05, 0) is 195 Å². The average Bonchev–Trinajstić information content (AvgIpc) is 0.880. The van der Waals surface area contributed by atoms with E-state index < -0.39 is 135 Å². The molecule has 4 N–H and O–H groups in total. The Labute approximate surface area is 704 Å². The van der Waals surface area contributed by atoms with E-state index in [-0.39, 0.29) is 63.8 Å². The van der Waals surface area contributed by atoms with Crippen LogP contribution in [0.5, 0.6) is 40.2 Å². The number of hydrogen-bond donors (Lipinski definition) is 3. The summed E-state index contributed by atoms with van der Waals surface area (Å²) in [7, 11) is 3.37. The van der Waals surface area contributed by atoms with Crippen molar-refractivity contribution in [3.63, 3.8) is 0 Å². The number of nitriles is 1. The number of nitrogens with two attached hydrogens (primary N) is 1. The molecule has 2 saturated heterocycles. The van der Waals surface area contributed by atoms with Crippen LogP contribution >= 0.6 is 15.9 Å². The second-order valence-corrected chi connectivity index (χ2v) is 26.9. The highest BCUT2D eigenvalue weighted by Gasteiger charge is 2.34. The van der Waals surface area contributed by atoms with E-state index in [1.54, 1.807) is 46.1 Å². The van der Waals surface area contributed by atoms with E-state index in [1.807, 2.05) is 4.90 Å². The van der Waals surface area contributed by atoms with Crippen LogP contribution in [-0.2, 0) is 45.3 Å². The van der Waals surface area contributed by atoms with Crippen molar-refractivity contribution in [1.82, 2.24) is 15.1 Å². The molecule has 2 aliphatic rings. The molecule has 0 saturated carbocycles. The topological polar surface area (TPSA) is 179 Å². The normalized spacial score (nSPS) is 13.6. The molecule has 0 aromatic heterocycles. The molecule has 0 bridgehead atoms. The molecule has 9 rings (SSSR count). The van der Waals surface area contributed by atoms with Gasteiger partial charge in [0, 0.05) is 62.1 Å². The summed E-state index contributed by atoms with van der Waals surface area (Å²) in [5, 5.41) is 20.8. The van der Waals surface area contributed by atoms with Crippen molar-refractivity contribution in [2.45, 2.75) is 102 Å². The molecule has 2 heterocycles. The van der Waals surface area contributed by atoms with Gasteiger partial charge in [0.15, 0.2) is 121 Å². The second kappa shape index (κ2) is 55.8. The molecule has 7 aromatic rings. The van der Waals surface area contributed by atoms with Crippen LogP contribution in [0.1, 0.15) is 60.6 Å². The van der Waals surface area contributed by atoms with Crippen LogP contribution in [0.25, 0.3) is 0 Å². The number of phenols is 1. The van der Waals surface area contributed by atoms with Crippen LogP contribution in [-0.4, -0.2) is 186 Å². The van der Waals surface area contributed by atoms with Crippen LogP contribution in [0.3, 0.4) is 0 Å². The maximum atomic E-state index is 13.7. The summed E-state index contributed by atoms with van der Waals surface area (Å²) in [6, 6.07) is 28.6. The monoisotopic (exact) mass is 1870 g/mol. The largest absolute Gasteiger partial charge is 0.505 e. The molecule has 2 aliphatic heterocycles. The first-order valence-corrected chi connectivity index (χ1v) is 36.8. The van der Waals surface area contributed by atoms with Crippen LogP contribution in [0.2, 0.25) is 0 Å². The zero-order valence-electron chi connectivity index (χ0n) is 65.4. The number of carbonyl (C=O) groups excluding carboxylic acids is 1. The Balaban J connectivity index is 0. The standard InChI is InChI=1S/C19H26F4N2O3.C15H19F4NO2.C10H11F4NO.C10H7F4NO.C9H7BrF4O.C9H8F4O.C7H7FO.CH4.B.FH.H2/c1-24(2)18(26)11-25(10-15-6-8-27-12-15)7-5-14-3-4-16(20)17(9-14)28-13-19(21,22)23;16-13-2-1-11(7-14(13)22-10-15(17,18)19)3-5-20-8-12-4-6-21-9-12;2*11-8-2-1-7(3-4-15)5-9(8)16-6-10(12,13)14;10-4-6-1-2-7(11)8(3-6)15-5-9(12,13)14;1-6-2-3-7(10)8(4-6)14-5-9(11,12)13;1-5-2-3-6(8)7(9)4-5;;;;/h3-4,9,15H,5-8,10-13H2,1-2H3;1-2,7,12,20H,3-6,8-10H2;1-2,5H,3-4,6,15H2;1-2,5H,3,6H2;1-3H,4-5H2;2-4H,5H2,1H3;2-4,9H,1H3;1H4;;2*1H/i;;;;;;;;;;1+1. The van der Waals surface area contributed by atoms with Crippen molar-refractivity contribution < 1.29 is 164 Å². The average molecular weight is 1870 g/mol. The number of amides is 1. The fraction of sp³-hybridized carbons (Fsp3) is 0.450. The van der Waals surface area contributed by atoms with E-state index in [4.69, 9.17) is 25.6 Å². The molecule has 3 radical (unpaired) electrons. The minimum absolute atomic E-state index is 0. The fourth-order valence-electron chi connectivity index (χ4n) is 9.74. The van der Waals surface area contributed by atoms with Crippen LogP contribution in [0, 0.1) is 77.7 Å². The Bertz CT molecular complexity index is 4250. The summed E-state index contributed by atoms with van der Waals surface area (Å²) in [5.41, 5.74) is 9.84. The zero-order chi connectivity index (χ0) is 90.2. The number of benzene rings is 7. The van der Waals surface area contributed by atoms with E-state index in [1.165, 1.54) is 77.7 Å². The second-order valence-electron chi connectivity index (χ2n) is 26.3. The van der Waals surface area contributed by atoms with E-state index in [2.05, 4.69) is 49.7 Å². The molecule has 689 valence electrons. The molecule has 2 fully saturated rings. The predicted molar refractivity (Wildman–Crippen MR) is 410 cm³/mol. The van der Waals surface area contributed by atoms with Gasteiger partial charge in [0.25, 0.3) is 0 Å². The fourth-order valence-corrected chi connectivity index (χ4v) is 10.1. The number of nitrogens with one attached hydrogen (secondary N) is 1. The molecule has 1 amide bonds. The molecule has 7 aromatic carbocycles. The highest BCUT2D eigenvalue weighted by atomic mass is 79.9. The molecule has 2 atom stereocenters. The summed E-state index contributed by atoms with van der Waals surface area (Å²) >= 11 is 3.11. The molecule has 0 aliphatic carbocycles. The lowest BCUT2D eigenvalue weighted by Crippen LogP contribution is -2.40. The maximum Gasteiger partial charge on any atom is 0.422 e. The Morgan fingerprint density at radius 1 is 0.496 bits per heavy atom. The Morgan fingerprint density at radius 3 is 1.15 bits per heavy atom. The molecule has 123 heavy (non-hydrogen) atoms. The van der Waals surface area contributed by atoms with E-state index >= 15 is 0 Å². The molecule has 0 spiro atoms. The summed E-state index contributed by atoms with van der Waals surface area (Å²) in [6.45, 7) is 0.578. The van der Waals surface area contributed by atoms with Crippen molar-refractivity contribution in [3.8, 4) is 46.3 Å². The van der Waals surface area contributed by atoms with Crippen molar-refractivity contribution in [2.75, 3.05) is 119 Å².